The lowest BCUT2D eigenvalue weighted by Crippen LogP contribution is -2.53. The first kappa shape index (κ1) is 19.2. The van der Waals surface area contributed by atoms with Gasteiger partial charge >= 0.3 is 12.0 Å². The third-order valence-electron chi connectivity index (χ3n) is 2.87. The zero-order valence-electron chi connectivity index (χ0n) is 13.6. The summed E-state index contributed by atoms with van der Waals surface area (Å²) in [5, 5.41) is 11.5. The van der Waals surface area contributed by atoms with Crippen LogP contribution in [0, 0.1) is 0 Å². The molecule has 0 aliphatic heterocycles. The molecule has 21 heavy (non-hydrogen) atoms. The molecule has 0 radical (unpaired) electrons. The Morgan fingerprint density at radius 2 is 1.76 bits per heavy atom. The number of nitrogens with zero attached hydrogens (tertiary/aromatic N) is 2. The number of nitrogens with one attached hydrogen (secondary N) is 1. The van der Waals surface area contributed by atoms with Crippen LogP contribution in [-0.4, -0.2) is 65.0 Å². The summed E-state index contributed by atoms with van der Waals surface area (Å²) in [5.74, 6) is -1.18. The molecule has 0 aliphatic carbocycles. The van der Waals surface area contributed by atoms with E-state index in [2.05, 4.69) is 5.32 Å². The van der Waals surface area contributed by atoms with E-state index in [4.69, 9.17) is 5.11 Å². The van der Waals surface area contributed by atoms with Crippen molar-refractivity contribution in [3.05, 3.63) is 0 Å². The molecular formula is C14H27N3O4. The van der Waals surface area contributed by atoms with Gasteiger partial charge in [0.25, 0.3) is 0 Å². The van der Waals surface area contributed by atoms with Gasteiger partial charge in [-0.3, -0.25) is 9.59 Å². The molecule has 0 aliphatic rings. The fourth-order valence-electron chi connectivity index (χ4n) is 1.73. The monoisotopic (exact) mass is 301 g/mol. The first-order valence-electron chi connectivity index (χ1n) is 7.10. The number of carboxylic acid groups (broad SMARTS) is 1. The van der Waals surface area contributed by atoms with Crippen LogP contribution >= 0.6 is 0 Å². The minimum Gasteiger partial charge on any atom is -0.481 e. The summed E-state index contributed by atoms with van der Waals surface area (Å²) in [6.07, 6.45) is 0.703. The number of amides is 3. The highest BCUT2D eigenvalue weighted by atomic mass is 16.4. The Morgan fingerprint density at radius 1 is 1.19 bits per heavy atom. The van der Waals surface area contributed by atoms with Gasteiger partial charge in [0.2, 0.25) is 5.91 Å². The van der Waals surface area contributed by atoms with Gasteiger partial charge in [-0.1, -0.05) is 6.92 Å². The summed E-state index contributed by atoms with van der Waals surface area (Å²) in [7, 11) is 1.54. The van der Waals surface area contributed by atoms with Gasteiger partial charge in [-0.25, -0.2) is 4.79 Å². The van der Waals surface area contributed by atoms with Crippen molar-refractivity contribution in [3.8, 4) is 0 Å². The number of carbonyl (C=O) groups excluding carboxylic acids is 2. The zero-order valence-corrected chi connectivity index (χ0v) is 13.6. The summed E-state index contributed by atoms with van der Waals surface area (Å²) in [6.45, 7) is 8.08. The summed E-state index contributed by atoms with van der Waals surface area (Å²) in [5.41, 5.74) is -0.513. The Morgan fingerprint density at radius 3 is 2.19 bits per heavy atom. The molecule has 0 unspecified atom stereocenters. The topological polar surface area (TPSA) is 90.0 Å². The molecule has 2 N–H and O–H groups in total. The molecule has 0 aromatic heterocycles. The van der Waals surface area contributed by atoms with E-state index in [1.54, 1.807) is 0 Å². The third kappa shape index (κ3) is 7.53. The van der Waals surface area contributed by atoms with E-state index in [1.807, 2.05) is 27.7 Å². The molecule has 0 atom stereocenters. The van der Waals surface area contributed by atoms with Crippen molar-refractivity contribution in [1.82, 2.24) is 15.1 Å². The van der Waals surface area contributed by atoms with Crippen LogP contribution < -0.4 is 5.32 Å². The molecule has 0 heterocycles. The van der Waals surface area contributed by atoms with Crippen LogP contribution in [0.3, 0.4) is 0 Å². The average Bonchev–Trinajstić information content (AvgIpc) is 2.34. The van der Waals surface area contributed by atoms with Gasteiger partial charge in [-0.15, -0.1) is 0 Å². The lowest BCUT2D eigenvalue weighted by Gasteiger charge is -2.37. The van der Waals surface area contributed by atoms with Gasteiger partial charge in [-0.05, 0) is 27.2 Å². The molecule has 0 spiro atoms. The SMILES string of the molecule is CCCNC(=O)CN(C)C(=O)N(CCC(=O)O)C(C)(C)C. The first-order valence-corrected chi connectivity index (χ1v) is 7.10. The van der Waals surface area contributed by atoms with Crippen LogP contribution in [0.2, 0.25) is 0 Å². The third-order valence-corrected chi connectivity index (χ3v) is 2.87. The summed E-state index contributed by atoms with van der Waals surface area (Å²) < 4.78 is 0. The van der Waals surface area contributed by atoms with Gasteiger partial charge < -0.3 is 20.2 Å². The van der Waals surface area contributed by atoms with Crippen molar-refractivity contribution in [1.29, 1.82) is 0 Å². The van der Waals surface area contributed by atoms with Gasteiger partial charge in [0.05, 0.1) is 6.42 Å². The Kier molecular flexibility index (Phi) is 7.76. The maximum Gasteiger partial charge on any atom is 0.320 e. The van der Waals surface area contributed by atoms with Gasteiger partial charge in [0, 0.05) is 25.7 Å². The van der Waals surface area contributed by atoms with E-state index < -0.39 is 11.5 Å². The van der Waals surface area contributed by atoms with Crippen LogP contribution in [0.4, 0.5) is 4.79 Å². The smallest absolute Gasteiger partial charge is 0.320 e. The summed E-state index contributed by atoms with van der Waals surface area (Å²) >= 11 is 0. The van der Waals surface area contributed by atoms with Crippen LogP contribution in [-0.2, 0) is 9.59 Å². The first-order chi connectivity index (χ1) is 9.59. The second-order valence-electron chi connectivity index (χ2n) is 5.95. The number of rotatable bonds is 7. The van der Waals surface area contributed by atoms with Crippen molar-refractivity contribution in [3.63, 3.8) is 0 Å². The van der Waals surface area contributed by atoms with E-state index >= 15 is 0 Å². The highest BCUT2D eigenvalue weighted by Crippen LogP contribution is 2.16. The number of hydrogen-bond acceptors (Lipinski definition) is 3. The largest absolute Gasteiger partial charge is 0.481 e. The summed E-state index contributed by atoms with van der Waals surface area (Å²) in [4.78, 5) is 37.5. The molecule has 7 heteroatoms. The van der Waals surface area contributed by atoms with Crippen LogP contribution in [0.25, 0.3) is 0 Å². The predicted molar refractivity (Wildman–Crippen MR) is 80.0 cm³/mol. The van der Waals surface area contributed by atoms with Crippen molar-refractivity contribution >= 4 is 17.9 Å². The minimum atomic E-state index is -0.958. The molecule has 0 saturated heterocycles. The number of likely N-dealkylation sites (N-methyl/N-ethyl adjacent to an activating group) is 1. The zero-order chi connectivity index (χ0) is 16.6. The number of hydrogen-bond donors (Lipinski definition) is 2. The molecule has 122 valence electrons. The highest BCUT2D eigenvalue weighted by Gasteiger charge is 2.29. The van der Waals surface area contributed by atoms with Crippen LogP contribution in [0.15, 0.2) is 0 Å². The molecule has 0 aromatic carbocycles. The second kappa shape index (κ2) is 8.49. The lowest BCUT2D eigenvalue weighted by atomic mass is 10.1. The predicted octanol–water partition coefficient (Wildman–Crippen LogP) is 1.14. The van der Waals surface area contributed by atoms with Crippen molar-refractivity contribution in [2.75, 3.05) is 26.7 Å². The average molecular weight is 301 g/mol. The lowest BCUT2D eigenvalue weighted by molar-refractivity contribution is -0.137. The molecule has 0 fully saturated rings. The molecule has 0 bridgehead atoms. The van der Waals surface area contributed by atoms with Crippen LogP contribution in [0.5, 0.6) is 0 Å². The fraction of sp³-hybridized carbons (Fsp3) is 0.786. The quantitative estimate of drug-likeness (QED) is 0.738. The molecule has 0 aromatic rings. The Hall–Kier alpha value is -1.79. The molecule has 0 saturated carbocycles. The Balaban J connectivity index is 4.71. The minimum absolute atomic E-state index is 0.0432. The molecule has 0 rings (SSSR count). The Bertz CT molecular complexity index is 377. The number of carbonyl (C=O) groups is 3. The van der Waals surface area contributed by atoms with E-state index in [0.717, 1.165) is 6.42 Å². The van der Waals surface area contributed by atoms with E-state index in [9.17, 15) is 14.4 Å². The maximum absolute atomic E-state index is 12.4. The Labute approximate surface area is 126 Å². The number of aliphatic carboxylic acids is 1. The second-order valence-corrected chi connectivity index (χ2v) is 5.95. The van der Waals surface area contributed by atoms with E-state index in [-0.39, 0.29) is 31.4 Å². The maximum atomic E-state index is 12.4. The highest BCUT2D eigenvalue weighted by molar-refractivity contribution is 5.84. The van der Waals surface area contributed by atoms with Gasteiger partial charge in [-0.2, -0.15) is 0 Å². The van der Waals surface area contributed by atoms with Crippen LogP contribution in [0.1, 0.15) is 40.5 Å². The molecule has 3 amide bonds. The normalized spacial score (nSPS) is 10.9. The number of urea groups is 1. The van der Waals surface area contributed by atoms with Gasteiger partial charge in [0.1, 0.15) is 6.54 Å². The van der Waals surface area contributed by atoms with E-state index in [0.29, 0.717) is 6.54 Å². The van der Waals surface area contributed by atoms with Crippen molar-refractivity contribution in [2.45, 2.75) is 46.1 Å². The standard InChI is InChI=1S/C14H27N3O4/c1-6-8-15-11(18)10-16(5)13(21)17(14(2,3)4)9-7-12(19)20/h6-10H2,1-5H3,(H,15,18)(H,19,20). The molecule has 7 nitrogen and oxygen atoms in total. The van der Waals surface area contributed by atoms with Crippen molar-refractivity contribution < 1.29 is 19.5 Å². The van der Waals surface area contributed by atoms with Gasteiger partial charge in [0.15, 0.2) is 0 Å². The van der Waals surface area contributed by atoms with E-state index in [1.165, 1.54) is 16.8 Å². The fourth-order valence-corrected chi connectivity index (χ4v) is 1.73. The van der Waals surface area contributed by atoms with Crippen molar-refractivity contribution in [2.24, 2.45) is 0 Å². The molecular weight excluding hydrogens is 274 g/mol. The number of carboxylic acids is 1. The summed E-state index contributed by atoms with van der Waals surface area (Å²) in [6, 6.07) is -0.351.